The van der Waals surface area contributed by atoms with Crippen molar-refractivity contribution >= 4 is 11.7 Å². The average Bonchev–Trinajstić information content (AvgIpc) is 2.81. The zero-order chi connectivity index (χ0) is 17.8. The van der Waals surface area contributed by atoms with E-state index in [9.17, 15) is 9.18 Å². The molecule has 2 aromatic rings. The summed E-state index contributed by atoms with van der Waals surface area (Å²) in [5, 5.41) is 3.03. The van der Waals surface area contributed by atoms with Gasteiger partial charge in [0, 0.05) is 24.7 Å². The molecule has 1 N–H and O–H groups in total. The fourth-order valence-electron chi connectivity index (χ4n) is 3.58. The molecule has 0 radical (unpaired) electrons. The van der Waals surface area contributed by atoms with Gasteiger partial charge in [-0.05, 0) is 67.6 Å². The zero-order valence-corrected chi connectivity index (χ0v) is 14.9. The monoisotopic (exact) mass is 340 g/mol. The molecule has 25 heavy (non-hydrogen) atoms. The third kappa shape index (κ3) is 4.59. The van der Waals surface area contributed by atoms with Crippen molar-refractivity contribution in [2.24, 2.45) is 0 Å². The second-order valence-electron chi connectivity index (χ2n) is 7.00. The Morgan fingerprint density at radius 3 is 2.44 bits per heavy atom. The highest BCUT2D eigenvalue weighted by molar-refractivity contribution is 5.89. The Bertz CT molecular complexity index is 722. The van der Waals surface area contributed by atoms with Crippen LogP contribution in [0.4, 0.5) is 14.9 Å². The van der Waals surface area contributed by atoms with Crippen LogP contribution < -0.4 is 5.32 Å². The largest absolute Gasteiger partial charge is 0.324 e. The number of hydrogen-bond donors (Lipinski definition) is 1. The number of anilines is 1. The van der Waals surface area contributed by atoms with Crippen molar-refractivity contribution in [1.82, 2.24) is 4.90 Å². The highest BCUT2D eigenvalue weighted by Crippen LogP contribution is 2.27. The molecule has 1 aliphatic heterocycles. The second-order valence-corrected chi connectivity index (χ2v) is 7.00. The first-order valence-corrected chi connectivity index (χ1v) is 8.91. The van der Waals surface area contributed by atoms with Crippen molar-refractivity contribution in [3.8, 4) is 0 Å². The van der Waals surface area contributed by atoms with Gasteiger partial charge >= 0.3 is 6.03 Å². The predicted molar refractivity (Wildman–Crippen MR) is 99.5 cm³/mol. The van der Waals surface area contributed by atoms with Gasteiger partial charge in [-0.1, -0.05) is 24.6 Å². The molecule has 1 aliphatic rings. The molecular formula is C21H25FN2O. The van der Waals surface area contributed by atoms with E-state index in [0.29, 0.717) is 6.54 Å². The molecule has 2 aromatic carbocycles. The van der Waals surface area contributed by atoms with E-state index in [1.165, 1.54) is 12.1 Å². The number of likely N-dealkylation sites (tertiary alicyclic amines) is 1. The SMILES string of the molecule is Cc1cc(C)cc(NC(=O)N2CCCCC(c3ccc(F)cc3)C2)c1. The van der Waals surface area contributed by atoms with E-state index < -0.39 is 0 Å². The van der Waals surface area contributed by atoms with E-state index >= 15 is 0 Å². The van der Waals surface area contributed by atoms with Gasteiger partial charge in [0.1, 0.15) is 5.82 Å². The summed E-state index contributed by atoms with van der Waals surface area (Å²) in [5.74, 6) is 0.0369. The van der Waals surface area contributed by atoms with Gasteiger partial charge in [-0.2, -0.15) is 0 Å². The molecule has 3 nitrogen and oxygen atoms in total. The maximum Gasteiger partial charge on any atom is 0.321 e. The number of halogens is 1. The smallest absolute Gasteiger partial charge is 0.321 e. The summed E-state index contributed by atoms with van der Waals surface area (Å²) in [7, 11) is 0. The minimum absolute atomic E-state index is 0.0565. The minimum atomic E-state index is -0.221. The van der Waals surface area contributed by atoms with Crippen LogP contribution >= 0.6 is 0 Å². The first kappa shape index (κ1) is 17.5. The summed E-state index contributed by atoms with van der Waals surface area (Å²) >= 11 is 0. The molecule has 0 spiro atoms. The van der Waals surface area contributed by atoms with Crippen LogP contribution in [0.1, 0.15) is 41.9 Å². The van der Waals surface area contributed by atoms with Crippen LogP contribution in [0, 0.1) is 19.7 Å². The highest BCUT2D eigenvalue weighted by Gasteiger charge is 2.23. The van der Waals surface area contributed by atoms with Crippen molar-refractivity contribution in [3.63, 3.8) is 0 Å². The molecule has 0 bridgehead atoms. The fraction of sp³-hybridized carbons (Fsp3) is 0.381. The third-order valence-electron chi connectivity index (χ3n) is 4.77. The van der Waals surface area contributed by atoms with Gasteiger partial charge in [0.05, 0.1) is 0 Å². The van der Waals surface area contributed by atoms with Crippen LogP contribution in [0.25, 0.3) is 0 Å². The van der Waals surface area contributed by atoms with E-state index in [1.807, 2.05) is 43.0 Å². The Morgan fingerprint density at radius 1 is 1.08 bits per heavy atom. The van der Waals surface area contributed by atoms with E-state index in [2.05, 4.69) is 11.4 Å². The first-order chi connectivity index (χ1) is 12.0. The highest BCUT2D eigenvalue weighted by atomic mass is 19.1. The topological polar surface area (TPSA) is 32.3 Å². The Balaban J connectivity index is 1.71. The van der Waals surface area contributed by atoms with Gasteiger partial charge in [-0.3, -0.25) is 0 Å². The van der Waals surface area contributed by atoms with E-state index in [0.717, 1.165) is 48.2 Å². The van der Waals surface area contributed by atoms with Crippen molar-refractivity contribution < 1.29 is 9.18 Å². The normalized spacial score (nSPS) is 17.9. The molecule has 0 aromatic heterocycles. The summed E-state index contributed by atoms with van der Waals surface area (Å²) in [6.07, 6.45) is 3.10. The quantitative estimate of drug-likeness (QED) is 0.796. The van der Waals surface area contributed by atoms with Crippen LogP contribution in [0.3, 0.4) is 0 Å². The number of nitrogens with zero attached hydrogens (tertiary/aromatic N) is 1. The van der Waals surface area contributed by atoms with Gasteiger partial charge in [0.25, 0.3) is 0 Å². The molecule has 1 heterocycles. The number of rotatable bonds is 2. The lowest BCUT2D eigenvalue weighted by molar-refractivity contribution is 0.211. The molecule has 3 rings (SSSR count). The standard InChI is InChI=1S/C21H25FN2O/c1-15-11-16(2)13-20(12-15)23-21(25)24-10-4-3-5-18(14-24)17-6-8-19(22)9-7-17/h6-9,11-13,18H,3-5,10,14H2,1-2H3,(H,23,25). The number of benzene rings is 2. The lowest BCUT2D eigenvalue weighted by atomic mass is 9.94. The van der Waals surface area contributed by atoms with Crippen LogP contribution in [0.5, 0.6) is 0 Å². The Morgan fingerprint density at radius 2 is 1.76 bits per heavy atom. The van der Waals surface area contributed by atoms with E-state index in [4.69, 9.17) is 0 Å². The summed E-state index contributed by atoms with van der Waals surface area (Å²) in [6.45, 7) is 5.48. The summed E-state index contributed by atoms with van der Waals surface area (Å²) < 4.78 is 13.2. The van der Waals surface area contributed by atoms with Crippen LogP contribution in [-0.2, 0) is 0 Å². The zero-order valence-electron chi connectivity index (χ0n) is 14.9. The number of nitrogens with one attached hydrogen (secondary N) is 1. The van der Waals surface area contributed by atoms with Crippen LogP contribution in [0.15, 0.2) is 42.5 Å². The van der Waals surface area contributed by atoms with Crippen molar-refractivity contribution in [2.45, 2.75) is 39.0 Å². The molecule has 132 valence electrons. The molecule has 0 aliphatic carbocycles. The number of amides is 2. The summed E-state index contributed by atoms with van der Waals surface area (Å²) in [6, 6.07) is 12.7. The first-order valence-electron chi connectivity index (χ1n) is 8.91. The molecule has 4 heteroatoms. The van der Waals surface area contributed by atoms with Crippen molar-refractivity contribution in [2.75, 3.05) is 18.4 Å². The van der Waals surface area contributed by atoms with E-state index in [-0.39, 0.29) is 17.8 Å². The average molecular weight is 340 g/mol. The number of carbonyl (C=O) groups excluding carboxylic acids is 1. The Hall–Kier alpha value is -2.36. The lowest BCUT2D eigenvalue weighted by Gasteiger charge is -2.25. The maximum absolute atomic E-state index is 13.2. The lowest BCUT2D eigenvalue weighted by Crippen LogP contribution is -2.37. The number of hydrogen-bond acceptors (Lipinski definition) is 1. The van der Waals surface area contributed by atoms with Crippen LogP contribution in [0.2, 0.25) is 0 Å². The molecule has 1 fully saturated rings. The van der Waals surface area contributed by atoms with Gasteiger partial charge in [0.15, 0.2) is 0 Å². The molecular weight excluding hydrogens is 315 g/mol. The molecule has 2 amide bonds. The Labute approximate surface area is 148 Å². The number of carbonyl (C=O) groups is 1. The van der Waals surface area contributed by atoms with Gasteiger partial charge in [-0.15, -0.1) is 0 Å². The summed E-state index contributed by atoms with van der Waals surface area (Å²) in [4.78, 5) is 14.6. The third-order valence-corrected chi connectivity index (χ3v) is 4.77. The molecule has 0 saturated carbocycles. The van der Waals surface area contributed by atoms with E-state index in [1.54, 1.807) is 0 Å². The maximum atomic E-state index is 13.2. The number of urea groups is 1. The molecule has 1 saturated heterocycles. The van der Waals surface area contributed by atoms with Crippen molar-refractivity contribution in [1.29, 1.82) is 0 Å². The predicted octanol–water partition coefficient (Wildman–Crippen LogP) is 5.24. The fourth-order valence-corrected chi connectivity index (χ4v) is 3.58. The minimum Gasteiger partial charge on any atom is -0.324 e. The molecule has 1 atom stereocenters. The van der Waals surface area contributed by atoms with Gasteiger partial charge < -0.3 is 10.2 Å². The number of aryl methyl sites for hydroxylation is 2. The molecule has 1 unspecified atom stereocenters. The second kappa shape index (κ2) is 7.68. The van der Waals surface area contributed by atoms with Crippen molar-refractivity contribution in [3.05, 3.63) is 65.0 Å². The summed E-state index contributed by atoms with van der Waals surface area (Å²) in [5.41, 5.74) is 4.21. The van der Waals surface area contributed by atoms with Gasteiger partial charge in [-0.25, -0.2) is 9.18 Å². The van der Waals surface area contributed by atoms with Gasteiger partial charge in [0.2, 0.25) is 0 Å². The van der Waals surface area contributed by atoms with Crippen LogP contribution in [-0.4, -0.2) is 24.0 Å². The Kier molecular flexibility index (Phi) is 5.37.